The van der Waals surface area contributed by atoms with Crippen molar-refractivity contribution in [2.45, 2.75) is 39.7 Å². The Balaban J connectivity index is 1.71. The lowest BCUT2D eigenvalue weighted by atomic mass is 9.98. The van der Waals surface area contributed by atoms with E-state index >= 15 is 4.39 Å². The Morgan fingerprint density at radius 1 is 1.15 bits per heavy atom. The molecule has 40 heavy (non-hydrogen) atoms. The lowest BCUT2D eigenvalue weighted by Crippen LogP contribution is -2.34. The van der Waals surface area contributed by atoms with E-state index in [2.05, 4.69) is 9.98 Å². The molecule has 8 nitrogen and oxygen atoms in total. The van der Waals surface area contributed by atoms with E-state index in [1.54, 1.807) is 54.7 Å². The normalized spacial score (nSPS) is 13.7. The number of nitrogens with two attached hydrogens (primary N) is 2. The van der Waals surface area contributed by atoms with Crippen LogP contribution in [0, 0.1) is 5.82 Å². The average molecular weight is 543 g/mol. The topological polar surface area (TPSA) is 119 Å². The van der Waals surface area contributed by atoms with Gasteiger partial charge in [-0.3, -0.25) is 14.6 Å². The molecule has 0 unspecified atom stereocenters. The van der Waals surface area contributed by atoms with Crippen molar-refractivity contribution in [2.24, 2.45) is 21.5 Å². The Kier molecular flexibility index (Phi) is 8.93. The highest BCUT2D eigenvalue weighted by Gasteiger charge is 2.23. The number of hydrogen-bond acceptors (Lipinski definition) is 6. The summed E-state index contributed by atoms with van der Waals surface area (Å²) in [6.07, 6.45) is 8.30. The second-order valence-corrected chi connectivity index (χ2v) is 9.83. The second kappa shape index (κ2) is 12.5. The number of carbonyl (C=O) groups excluding carboxylic acids is 1. The monoisotopic (exact) mass is 542 g/mol. The molecule has 2 aromatic carbocycles. The molecule has 4 rings (SSSR count). The number of amides is 1. The molecule has 0 saturated heterocycles. The number of hydrogen-bond donors (Lipinski definition) is 2. The first-order valence-electron chi connectivity index (χ1n) is 13.4. The summed E-state index contributed by atoms with van der Waals surface area (Å²) in [4.78, 5) is 36.4. The zero-order chi connectivity index (χ0) is 28.8. The largest absolute Gasteiger partial charge is 0.401 e. The maximum Gasteiger partial charge on any atom is 0.258 e. The fourth-order valence-corrected chi connectivity index (χ4v) is 4.83. The maximum atomic E-state index is 15.5. The third-order valence-corrected chi connectivity index (χ3v) is 6.71. The summed E-state index contributed by atoms with van der Waals surface area (Å²) in [6, 6.07) is 10.4. The highest BCUT2D eigenvalue weighted by atomic mass is 19.1. The van der Waals surface area contributed by atoms with Crippen LogP contribution in [0.5, 0.6) is 0 Å². The number of fused-ring (bicyclic) bond motifs is 2. The molecule has 0 saturated carbocycles. The summed E-state index contributed by atoms with van der Waals surface area (Å²) in [5.74, 6) is -0.392. The SMILES string of the molecule is CCCN(CCC)C(=O)C1=Cc2c(F)cc(-c3ccc4c(=O)n(CC(N)=CC=NC)ccc4c3)cc2N=C(N)C1. The van der Waals surface area contributed by atoms with E-state index in [0.29, 0.717) is 41.0 Å². The molecule has 2 heterocycles. The van der Waals surface area contributed by atoms with Crippen LogP contribution in [0.3, 0.4) is 0 Å². The van der Waals surface area contributed by atoms with Gasteiger partial charge in [0.1, 0.15) is 11.7 Å². The van der Waals surface area contributed by atoms with Crippen molar-refractivity contribution >= 4 is 40.5 Å². The Morgan fingerprint density at radius 3 is 2.60 bits per heavy atom. The number of pyridine rings is 1. The van der Waals surface area contributed by atoms with Gasteiger partial charge in [-0.15, -0.1) is 0 Å². The summed E-state index contributed by atoms with van der Waals surface area (Å²) in [6.45, 7) is 5.53. The molecule has 1 aromatic heterocycles. The van der Waals surface area contributed by atoms with E-state index in [9.17, 15) is 9.59 Å². The number of aromatic nitrogens is 1. The first kappa shape index (κ1) is 28.5. The van der Waals surface area contributed by atoms with Gasteiger partial charge >= 0.3 is 0 Å². The van der Waals surface area contributed by atoms with Crippen molar-refractivity contribution in [3.8, 4) is 11.1 Å². The molecule has 0 atom stereocenters. The van der Waals surface area contributed by atoms with Crippen LogP contribution in [0.2, 0.25) is 0 Å². The first-order chi connectivity index (χ1) is 19.2. The number of carbonyl (C=O) groups is 1. The maximum absolute atomic E-state index is 15.5. The van der Waals surface area contributed by atoms with E-state index in [0.717, 1.165) is 23.8 Å². The van der Waals surface area contributed by atoms with Gasteiger partial charge in [-0.25, -0.2) is 9.38 Å². The van der Waals surface area contributed by atoms with Gasteiger partial charge in [-0.1, -0.05) is 19.9 Å². The van der Waals surface area contributed by atoms with Crippen molar-refractivity contribution in [3.63, 3.8) is 0 Å². The summed E-state index contributed by atoms with van der Waals surface area (Å²) in [5.41, 5.74) is 14.8. The molecule has 0 fully saturated rings. The molecule has 0 radical (unpaired) electrons. The molecule has 1 aliphatic heterocycles. The number of benzene rings is 2. The Bertz CT molecular complexity index is 1610. The van der Waals surface area contributed by atoms with Gasteiger partial charge in [0, 0.05) is 61.2 Å². The highest BCUT2D eigenvalue weighted by molar-refractivity contribution is 6.05. The molecule has 9 heteroatoms. The fourth-order valence-electron chi connectivity index (χ4n) is 4.83. The number of aliphatic imine (C=N–C) groups is 2. The van der Waals surface area contributed by atoms with Gasteiger partial charge in [-0.2, -0.15) is 0 Å². The fraction of sp³-hybridized carbons (Fsp3) is 0.290. The number of amidine groups is 1. The van der Waals surface area contributed by atoms with E-state index in [-0.39, 0.29) is 35.8 Å². The number of rotatable bonds is 9. The highest BCUT2D eigenvalue weighted by Crippen LogP contribution is 2.35. The lowest BCUT2D eigenvalue weighted by Gasteiger charge is -2.22. The quantitative estimate of drug-likeness (QED) is 0.378. The summed E-state index contributed by atoms with van der Waals surface area (Å²) < 4.78 is 17.1. The van der Waals surface area contributed by atoms with Gasteiger partial charge in [0.2, 0.25) is 5.91 Å². The molecule has 0 spiro atoms. The van der Waals surface area contributed by atoms with Crippen LogP contribution in [0.25, 0.3) is 28.0 Å². The van der Waals surface area contributed by atoms with Crippen LogP contribution in [-0.4, -0.2) is 47.6 Å². The molecular formula is C31H35FN6O2. The van der Waals surface area contributed by atoms with E-state index in [4.69, 9.17) is 11.5 Å². The van der Waals surface area contributed by atoms with Crippen LogP contribution in [-0.2, 0) is 11.3 Å². The van der Waals surface area contributed by atoms with Crippen LogP contribution in [0.4, 0.5) is 10.1 Å². The number of nitrogens with zero attached hydrogens (tertiary/aromatic N) is 4. The number of allylic oxidation sites excluding steroid dienone is 2. The predicted octanol–water partition coefficient (Wildman–Crippen LogP) is 4.78. The van der Waals surface area contributed by atoms with E-state index in [1.807, 2.05) is 26.0 Å². The standard InChI is InChI=1S/C31H35FN6O2/c1-4-11-37(12-5-2)30(39)23-15-26-27(32)16-22(17-28(26)36-29(34)18-23)20-6-7-25-21(14-20)9-13-38(31(25)40)19-24(33)8-10-35-3/h6-10,13-17H,4-5,11-12,18-19,33H2,1-3H3,(H2,34,36). The van der Waals surface area contributed by atoms with E-state index < -0.39 is 5.82 Å². The molecule has 1 amide bonds. The minimum Gasteiger partial charge on any atom is -0.401 e. The van der Waals surface area contributed by atoms with Crippen LogP contribution < -0.4 is 17.0 Å². The third kappa shape index (κ3) is 6.20. The Hall–Kier alpha value is -4.53. The van der Waals surface area contributed by atoms with Crippen molar-refractivity contribution < 1.29 is 9.18 Å². The molecule has 4 N–H and O–H groups in total. The van der Waals surface area contributed by atoms with Crippen LogP contribution in [0.15, 0.2) is 74.7 Å². The second-order valence-electron chi connectivity index (χ2n) is 9.83. The first-order valence-corrected chi connectivity index (χ1v) is 13.4. The third-order valence-electron chi connectivity index (χ3n) is 6.71. The van der Waals surface area contributed by atoms with Crippen LogP contribution in [0.1, 0.15) is 38.7 Å². The molecule has 0 aliphatic carbocycles. The van der Waals surface area contributed by atoms with Crippen molar-refractivity contribution in [3.05, 3.63) is 81.7 Å². The molecule has 0 bridgehead atoms. The minimum absolute atomic E-state index is 0.144. The predicted molar refractivity (Wildman–Crippen MR) is 161 cm³/mol. The smallest absolute Gasteiger partial charge is 0.258 e. The summed E-state index contributed by atoms with van der Waals surface area (Å²) >= 11 is 0. The lowest BCUT2D eigenvalue weighted by molar-refractivity contribution is -0.127. The average Bonchev–Trinajstić information content (AvgIpc) is 3.11. The molecule has 1 aliphatic rings. The van der Waals surface area contributed by atoms with Gasteiger partial charge in [0.15, 0.2) is 0 Å². The Labute approximate surface area is 233 Å². The van der Waals surface area contributed by atoms with Gasteiger partial charge in [-0.05, 0) is 71.8 Å². The van der Waals surface area contributed by atoms with Gasteiger partial charge in [0.25, 0.3) is 5.56 Å². The Morgan fingerprint density at radius 2 is 1.90 bits per heavy atom. The van der Waals surface area contributed by atoms with Gasteiger partial charge < -0.3 is 20.9 Å². The minimum atomic E-state index is -0.498. The van der Waals surface area contributed by atoms with Crippen molar-refractivity contribution in [1.82, 2.24) is 9.47 Å². The summed E-state index contributed by atoms with van der Waals surface area (Å²) in [5, 5.41) is 1.24. The molecular weight excluding hydrogens is 507 g/mol. The molecule has 208 valence electrons. The zero-order valence-corrected chi connectivity index (χ0v) is 23.2. The number of halogens is 1. The van der Waals surface area contributed by atoms with Crippen LogP contribution >= 0.6 is 0 Å². The molecule has 3 aromatic rings. The van der Waals surface area contributed by atoms with Crippen molar-refractivity contribution in [1.29, 1.82) is 0 Å². The van der Waals surface area contributed by atoms with Gasteiger partial charge in [0.05, 0.1) is 12.2 Å². The van der Waals surface area contributed by atoms with Crippen molar-refractivity contribution in [2.75, 3.05) is 20.1 Å². The zero-order valence-electron chi connectivity index (χ0n) is 23.2. The summed E-state index contributed by atoms with van der Waals surface area (Å²) in [7, 11) is 1.64. The van der Waals surface area contributed by atoms with E-state index in [1.165, 1.54) is 10.6 Å².